The number of hydrogen-bond acceptors (Lipinski definition) is 4. The molecule has 0 radical (unpaired) electrons. The Labute approximate surface area is 123 Å². The number of anilines is 1. The summed E-state index contributed by atoms with van der Waals surface area (Å²) in [7, 11) is 0. The molecule has 20 heavy (non-hydrogen) atoms. The molecule has 0 spiro atoms. The molecule has 0 saturated carbocycles. The SMILES string of the molecule is CC(C)c1csc(NC(=O)C(N)Cc2ccccc2)n1. The number of carbonyl (C=O) groups excluding carboxylic acids is 1. The van der Waals surface area contributed by atoms with Crippen LogP contribution in [0.15, 0.2) is 35.7 Å². The van der Waals surface area contributed by atoms with Crippen molar-refractivity contribution in [2.75, 3.05) is 5.32 Å². The molecule has 1 heterocycles. The highest BCUT2D eigenvalue weighted by Gasteiger charge is 2.16. The molecule has 0 aliphatic heterocycles. The zero-order valence-electron chi connectivity index (χ0n) is 11.7. The highest BCUT2D eigenvalue weighted by molar-refractivity contribution is 7.13. The Balaban J connectivity index is 1.93. The Hall–Kier alpha value is -1.72. The van der Waals surface area contributed by atoms with Crippen molar-refractivity contribution in [3.63, 3.8) is 0 Å². The third-order valence-electron chi connectivity index (χ3n) is 2.98. The van der Waals surface area contributed by atoms with Crippen LogP contribution in [0.3, 0.4) is 0 Å². The Kier molecular flexibility index (Phi) is 4.87. The maximum Gasteiger partial charge on any atom is 0.243 e. The quantitative estimate of drug-likeness (QED) is 0.889. The molecule has 1 amide bonds. The van der Waals surface area contributed by atoms with Gasteiger partial charge in [0, 0.05) is 5.38 Å². The van der Waals surface area contributed by atoms with Crippen LogP contribution in [0, 0.1) is 0 Å². The summed E-state index contributed by atoms with van der Waals surface area (Å²) >= 11 is 1.43. The van der Waals surface area contributed by atoms with Crippen LogP contribution in [0.25, 0.3) is 0 Å². The van der Waals surface area contributed by atoms with Crippen LogP contribution >= 0.6 is 11.3 Å². The molecule has 106 valence electrons. The van der Waals surface area contributed by atoms with Gasteiger partial charge in [-0.15, -0.1) is 11.3 Å². The second kappa shape index (κ2) is 6.63. The number of nitrogens with zero attached hydrogens (tertiary/aromatic N) is 1. The summed E-state index contributed by atoms with van der Waals surface area (Å²) in [6, 6.07) is 9.19. The molecule has 2 rings (SSSR count). The number of nitrogens with two attached hydrogens (primary N) is 1. The van der Waals surface area contributed by atoms with Crippen LogP contribution in [0.4, 0.5) is 5.13 Å². The van der Waals surface area contributed by atoms with Crippen molar-refractivity contribution in [2.24, 2.45) is 5.73 Å². The smallest absolute Gasteiger partial charge is 0.243 e. The second-order valence-electron chi connectivity index (χ2n) is 5.02. The first-order chi connectivity index (χ1) is 9.56. The maximum absolute atomic E-state index is 12.0. The lowest BCUT2D eigenvalue weighted by Crippen LogP contribution is -2.37. The van der Waals surface area contributed by atoms with Crippen molar-refractivity contribution in [1.82, 2.24) is 4.98 Å². The molecule has 5 heteroatoms. The molecule has 4 nitrogen and oxygen atoms in total. The third-order valence-corrected chi connectivity index (χ3v) is 3.75. The van der Waals surface area contributed by atoms with E-state index in [1.54, 1.807) is 0 Å². The van der Waals surface area contributed by atoms with Gasteiger partial charge in [-0.05, 0) is 17.9 Å². The normalized spacial score (nSPS) is 12.4. The number of aromatic nitrogens is 1. The predicted octanol–water partition coefficient (Wildman–Crippen LogP) is 2.78. The molecule has 2 aromatic rings. The topological polar surface area (TPSA) is 68.0 Å². The zero-order valence-corrected chi connectivity index (χ0v) is 12.5. The van der Waals surface area contributed by atoms with E-state index in [9.17, 15) is 4.79 Å². The van der Waals surface area contributed by atoms with Gasteiger partial charge in [-0.2, -0.15) is 0 Å². The molecular formula is C15H19N3OS. The standard InChI is InChI=1S/C15H19N3OS/c1-10(2)13-9-20-15(17-13)18-14(19)12(16)8-11-6-4-3-5-7-11/h3-7,9-10,12H,8,16H2,1-2H3,(H,17,18,19). The molecule has 0 aliphatic carbocycles. The van der Waals surface area contributed by atoms with Gasteiger partial charge in [0.05, 0.1) is 11.7 Å². The van der Waals surface area contributed by atoms with Crippen LogP contribution in [-0.4, -0.2) is 16.9 Å². The van der Waals surface area contributed by atoms with Crippen molar-refractivity contribution in [3.8, 4) is 0 Å². The van der Waals surface area contributed by atoms with E-state index in [1.165, 1.54) is 11.3 Å². The number of benzene rings is 1. The van der Waals surface area contributed by atoms with Gasteiger partial charge in [0.15, 0.2) is 5.13 Å². The Morgan fingerprint density at radius 3 is 2.65 bits per heavy atom. The summed E-state index contributed by atoms with van der Waals surface area (Å²) in [5.74, 6) is 0.161. The summed E-state index contributed by atoms with van der Waals surface area (Å²) < 4.78 is 0. The first kappa shape index (κ1) is 14.7. The maximum atomic E-state index is 12.0. The summed E-state index contributed by atoms with van der Waals surface area (Å²) in [4.78, 5) is 16.4. The summed E-state index contributed by atoms with van der Waals surface area (Å²) in [5.41, 5.74) is 7.97. The minimum atomic E-state index is -0.566. The fourth-order valence-electron chi connectivity index (χ4n) is 1.77. The monoisotopic (exact) mass is 289 g/mol. The number of nitrogens with one attached hydrogen (secondary N) is 1. The third kappa shape index (κ3) is 3.88. The van der Waals surface area contributed by atoms with E-state index in [1.807, 2.05) is 35.7 Å². The van der Waals surface area contributed by atoms with Gasteiger partial charge in [-0.25, -0.2) is 4.98 Å². The average molecular weight is 289 g/mol. The highest BCUT2D eigenvalue weighted by atomic mass is 32.1. The number of hydrogen-bond donors (Lipinski definition) is 2. The van der Waals surface area contributed by atoms with E-state index in [2.05, 4.69) is 24.1 Å². The van der Waals surface area contributed by atoms with Gasteiger partial charge in [-0.3, -0.25) is 4.79 Å². The Morgan fingerprint density at radius 1 is 1.35 bits per heavy atom. The van der Waals surface area contributed by atoms with Crippen molar-refractivity contribution in [2.45, 2.75) is 32.2 Å². The molecule has 0 bridgehead atoms. The lowest BCUT2D eigenvalue weighted by atomic mass is 10.1. The van der Waals surface area contributed by atoms with Crippen LogP contribution in [0.2, 0.25) is 0 Å². The van der Waals surface area contributed by atoms with E-state index < -0.39 is 6.04 Å². The van der Waals surface area contributed by atoms with Gasteiger partial charge < -0.3 is 11.1 Å². The van der Waals surface area contributed by atoms with Crippen LogP contribution in [-0.2, 0) is 11.2 Å². The van der Waals surface area contributed by atoms with E-state index >= 15 is 0 Å². The largest absolute Gasteiger partial charge is 0.320 e. The van der Waals surface area contributed by atoms with Gasteiger partial charge in [0.1, 0.15) is 0 Å². The molecule has 1 atom stereocenters. The lowest BCUT2D eigenvalue weighted by Gasteiger charge is -2.10. The minimum Gasteiger partial charge on any atom is -0.320 e. The fourth-order valence-corrected chi connectivity index (χ4v) is 2.64. The van der Waals surface area contributed by atoms with Gasteiger partial charge >= 0.3 is 0 Å². The number of amides is 1. The molecule has 0 saturated heterocycles. The molecule has 1 aromatic heterocycles. The van der Waals surface area contributed by atoms with Crippen LogP contribution < -0.4 is 11.1 Å². The van der Waals surface area contributed by atoms with Crippen LogP contribution in [0.1, 0.15) is 31.0 Å². The molecule has 1 aromatic carbocycles. The molecule has 0 fully saturated rings. The second-order valence-corrected chi connectivity index (χ2v) is 5.88. The van der Waals surface area contributed by atoms with E-state index in [-0.39, 0.29) is 5.91 Å². The first-order valence-corrected chi connectivity index (χ1v) is 7.50. The molecule has 1 unspecified atom stereocenters. The summed E-state index contributed by atoms with van der Waals surface area (Å²) in [5, 5.41) is 5.36. The molecule has 0 aliphatic rings. The molecule has 3 N–H and O–H groups in total. The number of carbonyl (C=O) groups is 1. The van der Waals surface area contributed by atoms with Crippen molar-refractivity contribution in [1.29, 1.82) is 0 Å². The average Bonchev–Trinajstić information content (AvgIpc) is 2.88. The van der Waals surface area contributed by atoms with Crippen molar-refractivity contribution < 1.29 is 4.79 Å². The lowest BCUT2D eigenvalue weighted by molar-refractivity contribution is -0.117. The van der Waals surface area contributed by atoms with Gasteiger partial charge in [0.25, 0.3) is 0 Å². The van der Waals surface area contributed by atoms with Crippen LogP contribution in [0.5, 0.6) is 0 Å². The van der Waals surface area contributed by atoms with E-state index in [0.717, 1.165) is 11.3 Å². The van der Waals surface area contributed by atoms with Crippen molar-refractivity contribution in [3.05, 3.63) is 47.0 Å². The summed E-state index contributed by atoms with van der Waals surface area (Å²) in [6.07, 6.45) is 0.523. The van der Waals surface area contributed by atoms with Gasteiger partial charge in [0.2, 0.25) is 5.91 Å². The van der Waals surface area contributed by atoms with E-state index in [0.29, 0.717) is 17.5 Å². The number of rotatable bonds is 5. The summed E-state index contributed by atoms with van der Waals surface area (Å²) in [6.45, 7) is 4.14. The Morgan fingerprint density at radius 2 is 2.05 bits per heavy atom. The van der Waals surface area contributed by atoms with Gasteiger partial charge in [-0.1, -0.05) is 44.2 Å². The predicted molar refractivity (Wildman–Crippen MR) is 83.0 cm³/mol. The minimum absolute atomic E-state index is 0.196. The Bertz CT molecular complexity index is 566. The first-order valence-electron chi connectivity index (χ1n) is 6.62. The zero-order chi connectivity index (χ0) is 14.5. The number of thiazole rings is 1. The van der Waals surface area contributed by atoms with Crippen molar-refractivity contribution >= 4 is 22.4 Å². The molecular weight excluding hydrogens is 270 g/mol. The van der Waals surface area contributed by atoms with E-state index in [4.69, 9.17) is 5.73 Å². The fraction of sp³-hybridized carbons (Fsp3) is 0.333. The highest BCUT2D eigenvalue weighted by Crippen LogP contribution is 2.21.